The van der Waals surface area contributed by atoms with Crippen LogP contribution in [0, 0.1) is 13.8 Å². The largest absolute Gasteiger partial charge is 0.325 e. The number of aromatic nitrogens is 2. The predicted octanol–water partition coefficient (Wildman–Crippen LogP) is 3.69. The summed E-state index contributed by atoms with van der Waals surface area (Å²) in [7, 11) is 0. The van der Waals surface area contributed by atoms with Crippen molar-refractivity contribution in [1.82, 2.24) is 15.3 Å². The normalized spacial score (nSPS) is 10.5. The van der Waals surface area contributed by atoms with Crippen LogP contribution >= 0.6 is 11.8 Å². The zero-order valence-corrected chi connectivity index (χ0v) is 15.3. The number of hydrogen-bond donors (Lipinski definition) is 2. The summed E-state index contributed by atoms with van der Waals surface area (Å²) in [5, 5.41) is 6.62. The molecule has 1 aromatic heterocycles. The SMILES string of the molecule is Cc1ccc(NC(=O)NC(=O)CSc2ncnc3ccccc23)c(C)c1. The topological polar surface area (TPSA) is 84.0 Å². The van der Waals surface area contributed by atoms with E-state index in [4.69, 9.17) is 0 Å². The molecule has 3 rings (SSSR count). The van der Waals surface area contributed by atoms with Crippen molar-refractivity contribution in [2.75, 3.05) is 11.1 Å². The number of imide groups is 1. The Morgan fingerprint density at radius 3 is 2.69 bits per heavy atom. The van der Waals surface area contributed by atoms with Crippen molar-refractivity contribution >= 4 is 40.3 Å². The first-order valence-corrected chi connectivity index (χ1v) is 9.02. The Morgan fingerprint density at radius 2 is 1.88 bits per heavy atom. The van der Waals surface area contributed by atoms with Crippen molar-refractivity contribution < 1.29 is 9.59 Å². The van der Waals surface area contributed by atoms with Crippen molar-refractivity contribution in [2.24, 2.45) is 0 Å². The lowest BCUT2D eigenvalue weighted by Crippen LogP contribution is -2.35. The lowest BCUT2D eigenvalue weighted by atomic mass is 10.1. The number of hydrogen-bond acceptors (Lipinski definition) is 5. The van der Waals surface area contributed by atoms with Gasteiger partial charge >= 0.3 is 6.03 Å². The second kappa shape index (κ2) is 7.97. The first kappa shape index (κ1) is 17.9. The van der Waals surface area contributed by atoms with Crippen LogP contribution in [0.5, 0.6) is 0 Å². The third-order valence-electron chi connectivity index (χ3n) is 3.73. The van der Waals surface area contributed by atoms with Gasteiger partial charge in [-0.25, -0.2) is 14.8 Å². The highest BCUT2D eigenvalue weighted by Crippen LogP contribution is 2.23. The lowest BCUT2D eigenvalue weighted by Gasteiger charge is -2.10. The van der Waals surface area contributed by atoms with Crippen molar-refractivity contribution in [3.8, 4) is 0 Å². The monoisotopic (exact) mass is 366 g/mol. The molecular weight excluding hydrogens is 348 g/mol. The fourth-order valence-electron chi connectivity index (χ4n) is 2.50. The molecule has 0 spiro atoms. The molecule has 0 unspecified atom stereocenters. The summed E-state index contributed by atoms with van der Waals surface area (Å²) >= 11 is 1.27. The molecule has 0 saturated heterocycles. The van der Waals surface area contributed by atoms with Crippen molar-refractivity contribution in [3.63, 3.8) is 0 Å². The quantitative estimate of drug-likeness (QED) is 0.543. The number of urea groups is 1. The number of aryl methyl sites for hydroxylation is 2. The third-order valence-corrected chi connectivity index (χ3v) is 4.73. The maximum Gasteiger partial charge on any atom is 0.325 e. The number of carbonyl (C=O) groups is 2. The van der Waals surface area contributed by atoms with Crippen LogP contribution in [0.4, 0.5) is 10.5 Å². The Kier molecular flexibility index (Phi) is 5.48. The number of fused-ring (bicyclic) bond motifs is 1. The molecule has 3 aromatic rings. The van der Waals surface area contributed by atoms with E-state index in [0.29, 0.717) is 10.7 Å². The predicted molar refractivity (Wildman–Crippen MR) is 103 cm³/mol. The lowest BCUT2D eigenvalue weighted by molar-refractivity contribution is -0.117. The van der Waals surface area contributed by atoms with E-state index in [1.54, 1.807) is 0 Å². The summed E-state index contributed by atoms with van der Waals surface area (Å²) in [6.45, 7) is 3.88. The third kappa shape index (κ3) is 4.37. The highest BCUT2D eigenvalue weighted by atomic mass is 32.2. The summed E-state index contributed by atoms with van der Waals surface area (Å²) in [4.78, 5) is 32.5. The zero-order valence-electron chi connectivity index (χ0n) is 14.4. The Hall–Kier alpha value is -2.93. The molecule has 0 saturated carbocycles. The minimum Gasteiger partial charge on any atom is -0.307 e. The minimum atomic E-state index is -0.546. The Labute approximate surface area is 155 Å². The van der Waals surface area contributed by atoms with E-state index in [2.05, 4.69) is 20.6 Å². The number of para-hydroxylation sites is 1. The summed E-state index contributed by atoms with van der Waals surface area (Å²) in [6, 6.07) is 12.7. The van der Waals surface area contributed by atoms with E-state index in [0.717, 1.165) is 22.0 Å². The number of carbonyl (C=O) groups excluding carboxylic acids is 2. The molecule has 26 heavy (non-hydrogen) atoms. The van der Waals surface area contributed by atoms with Gasteiger partial charge in [0.15, 0.2) is 0 Å². The fraction of sp³-hybridized carbons (Fsp3) is 0.158. The van der Waals surface area contributed by atoms with E-state index in [1.165, 1.54) is 18.1 Å². The molecule has 0 aliphatic heterocycles. The summed E-state index contributed by atoms with van der Waals surface area (Å²) in [5.41, 5.74) is 3.54. The average molecular weight is 366 g/mol. The second-order valence-corrected chi connectivity index (χ2v) is 6.77. The Bertz CT molecular complexity index is 969. The van der Waals surface area contributed by atoms with Gasteiger partial charge in [-0.15, -0.1) is 0 Å². The molecule has 3 amide bonds. The van der Waals surface area contributed by atoms with E-state index < -0.39 is 6.03 Å². The first-order chi connectivity index (χ1) is 12.5. The number of amides is 3. The maximum absolute atomic E-state index is 12.1. The van der Waals surface area contributed by atoms with E-state index in [9.17, 15) is 9.59 Å². The van der Waals surface area contributed by atoms with Crippen LogP contribution in [0.1, 0.15) is 11.1 Å². The molecule has 132 valence electrons. The molecule has 0 bridgehead atoms. The standard InChI is InChI=1S/C19H18N4O2S/c1-12-7-8-15(13(2)9-12)22-19(25)23-17(24)10-26-18-14-5-3-4-6-16(14)20-11-21-18/h3-9,11H,10H2,1-2H3,(H2,22,23,24,25). The molecule has 0 fully saturated rings. The summed E-state index contributed by atoms with van der Waals surface area (Å²) in [6.07, 6.45) is 1.47. The molecule has 6 nitrogen and oxygen atoms in total. The molecule has 2 aromatic carbocycles. The first-order valence-electron chi connectivity index (χ1n) is 8.03. The van der Waals surface area contributed by atoms with Crippen LogP contribution in [0.2, 0.25) is 0 Å². The molecule has 0 radical (unpaired) electrons. The van der Waals surface area contributed by atoms with Gasteiger partial charge in [-0.3, -0.25) is 10.1 Å². The number of nitrogens with zero attached hydrogens (tertiary/aromatic N) is 2. The average Bonchev–Trinajstić information content (AvgIpc) is 2.62. The molecule has 7 heteroatoms. The zero-order chi connectivity index (χ0) is 18.5. The van der Waals surface area contributed by atoms with Gasteiger partial charge in [-0.2, -0.15) is 0 Å². The molecule has 1 heterocycles. The number of thioether (sulfide) groups is 1. The highest BCUT2D eigenvalue weighted by Gasteiger charge is 2.11. The van der Waals surface area contributed by atoms with Crippen LogP contribution in [0.25, 0.3) is 10.9 Å². The number of anilines is 1. The van der Waals surface area contributed by atoms with Crippen molar-refractivity contribution in [2.45, 2.75) is 18.9 Å². The maximum atomic E-state index is 12.1. The molecular formula is C19H18N4O2S. The van der Waals surface area contributed by atoms with Crippen molar-refractivity contribution in [1.29, 1.82) is 0 Å². The molecule has 0 aliphatic carbocycles. The van der Waals surface area contributed by atoms with Crippen molar-refractivity contribution in [3.05, 3.63) is 59.9 Å². The number of nitrogens with one attached hydrogen (secondary N) is 2. The minimum absolute atomic E-state index is 0.0846. The van der Waals surface area contributed by atoms with Gasteiger partial charge < -0.3 is 5.32 Å². The van der Waals surface area contributed by atoms with Gasteiger partial charge in [0, 0.05) is 11.1 Å². The highest BCUT2D eigenvalue weighted by molar-refractivity contribution is 8.00. The van der Waals surface area contributed by atoms with Gasteiger partial charge in [0.2, 0.25) is 5.91 Å². The van der Waals surface area contributed by atoms with Gasteiger partial charge in [-0.1, -0.05) is 47.7 Å². The summed E-state index contributed by atoms with van der Waals surface area (Å²) < 4.78 is 0. The Balaban J connectivity index is 1.57. The Morgan fingerprint density at radius 1 is 1.08 bits per heavy atom. The van der Waals surface area contributed by atoms with Crippen LogP contribution in [0.3, 0.4) is 0 Å². The van der Waals surface area contributed by atoms with Gasteiger partial charge in [0.1, 0.15) is 11.4 Å². The van der Waals surface area contributed by atoms with Crippen LogP contribution in [0.15, 0.2) is 53.8 Å². The van der Waals surface area contributed by atoms with Gasteiger partial charge in [-0.05, 0) is 31.5 Å². The van der Waals surface area contributed by atoms with E-state index in [1.807, 2.05) is 56.3 Å². The van der Waals surface area contributed by atoms with Gasteiger partial charge in [0.05, 0.1) is 11.3 Å². The molecule has 0 atom stereocenters. The van der Waals surface area contributed by atoms with Gasteiger partial charge in [0.25, 0.3) is 0 Å². The smallest absolute Gasteiger partial charge is 0.307 e. The fourth-order valence-corrected chi connectivity index (χ4v) is 3.29. The second-order valence-electron chi connectivity index (χ2n) is 5.81. The number of rotatable bonds is 4. The van der Waals surface area contributed by atoms with Crippen LogP contribution in [-0.4, -0.2) is 27.7 Å². The molecule has 0 aliphatic rings. The van der Waals surface area contributed by atoms with Crippen LogP contribution < -0.4 is 10.6 Å². The van der Waals surface area contributed by atoms with E-state index in [-0.39, 0.29) is 11.7 Å². The van der Waals surface area contributed by atoms with E-state index >= 15 is 0 Å². The summed E-state index contributed by atoms with van der Waals surface area (Å²) in [5.74, 6) is -0.304. The number of benzene rings is 2. The van der Waals surface area contributed by atoms with Crippen LogP contribution in [-0.2, 0) is 4.79 Å². The molecule has 2 N–H and O–H groups in total.